The van der Waals surface area contributed by atoms with Crippen LogP contribution in [0, 0.1) is 6.57 Å². The van der Waals surface area contributed by atoms with Crippen molar-refractivity contribution in [2.75, 3.05) is 11.4 Å². The molecule has 4 nitrogen and oxygen atoms in total. The van der Waals surface area contributed by atoms with Crippen molar-refractivity contribution >= 4 is 17.5 Å². The van der Waals surface area contributed by atoms with Gasteiger partial charge in [0.15, 0.2) is 5.69 Å². The Kier molecular flexibility index (Phi) is 3.29. The smallest absolute Gasteiger partial charge is 0.414 e. The van der Waals surface area contributed by atoms with E-state index in [9.17, 15) is 4.79 Å². The lowest BCUT2D eigenvalue weighted by atomic mass is 10.2. The third-order valence-corrected chi connectivity index (χ3v) is 2.78. The number of ether oxygens (including phenoxy) is 1. The number of rotatable bonds is 3. The summed E-state index contributed by atoms with van der Waals surface area (Å²) >= 11 is 0. The fraction of sp³-hybridized carbons (Fsp3) is 0.385. The maximum Gasteiger partial charge on any atom is 0.414 e. The van der Waals surface area contributed by atoms with Crippen molar-refractivity contribution in [1.29, 1.82) is 0 Å². The Morgan fingerprint density at radius 3 is 2.76 bits per heavy atom. The van der Waals surface area contributed by atoms with Crippen molar-refractivity contribution in [3.63, 3.8) is 0 Å². The molecular weight excluding hydrogens is 216 g/mol. The number of carbonyl (C=O) groups excluding carboxylic acids is 1. The average molecular weight is 230 g/mol. The number of benzene rings is 1. The van der Waals surface area contributed by atoms with E-state index < -0.39 is 0 Å². The van der Waals surface area contributed by atoms with E-state index >= 15 is 0 Å². The highest BCUT2D eigenvalue weighted by molar-refractivity contribution is 5.89. The van der Waals surface area contributed by atoms with Crippen LogP contribution in [0.5, 0.6) is 0 Å². The Labute approximate surface area is 101 Å². The third-order valence-electron chi connectivity index (χ3n) is 2.78. The van der Waals surface area contributed by atoms with E-state index in [1.54, 1.807) is 29.2 Å². The van der Waals surface area contributed by atoms with Gasteiger partial charge in [0.25, 0.3) is 0 Å². The number of anilines is 1. The first-order chi connectivity index (χ1) is 8.24. The zero-order chi connectivity index (χ0) is 12.3. The van der Waals surface area contributed by atoms with Gasteiger partial charge in [-0.3, -0.25) is 4.90 Å². The van der Waals surface area contributed by atoms with Crippen LogP contribution in [0.1, 0.15) is 19.8 Å². The van der Waals surface area contributed by atoms with Crippen molar-refractivity contribution < 1.29 is 9.53 Å². The second-order valence-corrected chi connectivity index (χ2v) is 4.03. The number of hydrogen-bond acceptors (Lipinski definition) is 2. The summed E-state index contributed by atoms with van der Waals surface area (Å²) in [5.74, 6) is 0. The summed E-state index contributed by atoms with van der Waals surface area (Å²) in [6, 6.07) is 6.98. The molecule has 0 saturated carbocycles. The molecule has 1 amide bonds. The summed E-state index contributed by atoms with van der Waals surface area (Å²) in [5, 5.41) is 0. The van der Waals surface area contributed by atoms with Gasteiger partial charge < -0.3 is 4.74 Å². The van der Waals surface area contributed by atoms with Gasteiger partial charge >= 0.3 is 6.09 Å². The molecule has 1 saturated heterocycles. The first-order valence-electron chi connectivity index (χ1n) is 5.70. The highest BCUT2D eigenvalue weighted by Crippen LogP contribution is 2.25. The molecule has 0 spiro atoms. The van der Waals surface area contributed by atoms with Crippen LogP contribution in [0.2, 0.25) is 0 Å². The molecule has 1 aromatic carbocycles. The molecule has 1 fully saturated rings. The summed E-state index contributed by atoms with van der Waals surface area (Å²) in [4.78, 5) is 16.6. The van der Waals surface area contributed by atoms with Crippen LogP contribution >= 0.6 is 0 Å². The number of amides is 1. The summed E-state index contributed by atoms with van der Waals surface area (Å²) in [6.45, 7) is 9.54. The fourth-order valence-electron chi connectivity index (χ4n) is 1.91. The van der Waals surface area contributed by atoms with Crippen LogP contribution in [0.25, 0.3) is 4.85 Å². The summed E-state index contributed by atoms with van der Waals surface area (Å²) in [5.41, 5.74) is 1.37. The quantitative estimate of drug-likeness (QED) is 0.746. The lowest BCUT2D eigenvalue weighted by molar-refractivity contribution is 0.136. The van der Waals surface area contributed by atoms with Gasteiger partial charge in [0.05, 0.1) is 13.1 Å². The molecule has 2 rings (SSSR count). The second-order valence-electron chi connectivity index (χ2n) is 4.03. The van der Waals surface area contributed by atoms with Gasteiger partial charge in [-0.2, -0.15) is 0 Å². The normalized spacial score (nSPS) is 18.9. The minimum Gasteiger partial charge on any atom is -0.444 e. The number of carbonyl (C=O) groups is 1. The van der Waals surface area contributed by atoms with Gasteiger partial charge in [-0.1, -0.05) is 25.5 Å². The molecule has 0 unspecified atom stereocenters. The Balaban J connectivity index is 2.12. The van der Waals surface area contributed by atoms with E-state index in [2.05, 4.69) is 11.8 Å². The van der Waals surface area contributed by atoms with Crippen LogP contribution in [-0.2, 0) is 4.74 Å². The molecule has 1 aliphatic rings. The molecule has 0 N–H and O–H groups in total. The number of hydrogen-bond donors (Lipinski definition) is 0. The van der Waals surface area contributed by atoms with Crippen molar-refractivity contribution in [3.8, 4) is 0 Å². The molecule has 17 heavy (non-hydrogen) atoms. The number of nitrogens with zero attached hydrogens (tertiary/aromatic N) is 2. The van der Waals surface area contributed by atoms with Gasteiger partial charge in [0.2, 0.25) is 0 Å². The maximum absolute atomic E-state index is 11.7. The first kappa shape index (κ1) is 11.5. The van der Waals surface area contributed by atoms with Crippen LogP contribution in [0.3, 0.4) is 0 Å². The molecule has 0 aromatic heterocycles. The van der Waals surface area contributed by atoms with Crippen molar-refractivity contribution in [2.24, 2.45) is 0 Å². The van der Waals surface area contributed by atoms with E-state index in [1.807, 2.05) is 0 Å². The van der Waals surface area contributed by atoms with E-state index in [0.717, 1.165) is 18.5 Å². The van der Waals surface area contributed by atoms with Gasteiger partial charge in [0, 0.05) is 5.69 Å². The predicted octanol–water partition coefficient (Wildman–Crippen LogP) is 3.36. The van der Waals surface area contributed by atoms with E-state index in [1.165, 1.54) is 0 Å². The zero-order valence-electron chi connectivity index (χ0n) is 9.72. The Morgan fingerprint density at radius 2 is 2.18 bits per heavy atom. The first-order valence-corrected chi connectivity index (χ1v) is 5.70. The standard InChI is InChI=1S/C13H14N2O2/c1-3-4-12-9-15(13(16)17-12)11-7-5-10(14-2)6-8-11/h5-8,12H,3-4,9H2,1H3/t12-/m0/s1. The molecule has 88 valence electrons. The zero-order valence-corrected chi connectivity index (χ0v) is 9.72. The third kappa shape index (κ3) is 2.39. The van der Waals surface area contributed by atoms with Gasteiger partial charge in [-0.25, -0.2) is 9.64 Å². The fourth-order valence-corrected chi connectivity index (χ4v) is 1.91. The highest BCUT2D eigenvalue weighted by Gasteiger charge is 2.31. The topological polar surface area (TPSA) is 33.9 Å². The molecule has 0 bridgehead atoms. The average Bonchev–Trinajstić information content (AvgIpc) is 2.71. The van der Waals surface area contributed by atoms with Gasteiger partial charge in [-0.05, 0) is 18.6 Å². The molecule has 0 aliphatic carbocycles. The van der Waals surface area contributed by atoms with Crippen molar-refractivity contribution in [1.82, 2.24) is 0 Å². The predicted molar refractivity (Wildman–Crippen MR) is 65.2 cm³/mol. The van der Waals surface area contributed by atoms with Gasteiger partial charge in [-0.15, -0.1) is 0 Å². The number of cyclic esters (lactones) is 1. The van der Waals surface area contributed by atoms with E-state index in [0.29, 0.717) is 12.2 Å². The highest BCUT2D eigenvalue weighted by atomic mass is 16.6. The molecule has 0 radical (unpaired) electrons. The summed E-state index contributed by atoms with van der Waals surface area (Å²) in [7, 11) is 0. The SMILES string of the molecule is [C-]#[N+]c1ccc(N2C[C@H](CCC)OC2=O)cc1. The maximum atomic E-state index is 11.7. The van der Waals surface area contributed by atoms with E-state index in [-0.39, 0.29) is 12.2 Å². The Bertz CT molecular complexity index is 447. The largest absolute Gasteiger partial charge is 0.444 e. The molecule has 1 aromatic rings. The van der Waals surface area contributed by atoms with Crippen LogP contribution < -0.4 is 4.90 Å². The van der Waals surface area contributed by atoms with Crippen LogP contribution in [0.4, 0.5) is 16.2 Å². The van der Waals surface area contributed by atoms with Crippen molar-refractivity contribution in [2.45, 2.75) is 25.9 Å². The Morgan fingerprint density at radius 1 is 1.47 bits per heavy atom. The molecule has 1 heterocycles. The van der Waals surface area contributed by atoms with Crippen LogP contribution in [0.15, 0.2) is 24.3 Å². The minimum absolute atomic E-state index is 0.00645. The Hall–Kier alpha value is -2.02. The van der Waals surface area contributed by atoms with Crippen molar-refractivity contribution in [3.05, 3.63) is 35.7 Å². The van der Waals surface area contributed by atoms with Crippen LogP contribution in [-0.4, -0.2) is 18.7 Å². The lowest BCUT2D eigenvalue weighted by Gasteiger charge is -2.12. The minimum atomic E-state index is -0.293. The molecule has 4 heteroatoms. The monoisotopic (exact) mass is 230 g/mol. The molecular formula is C13H14N2O2. The summed E-state index contributed by atoms with van der Waals surface area (Å²) < 4.78 is 5.25. The molecule has 1 atom stereocenters. The second kappa shape index (κ2) is 4.88. The van der Waals surface area contributed by atoms with Gasteiger partial charge in [0.1, 0.15) is 6.10 Å². The summed E-state index contributed by atoms with van der Waals surface area (Å²) in [6.07, 6.45) is 1.59. The van der Waals surface area contributed by atoms with E-state index in [4.69, 9.17) is 11.3 Å². The molecule has 1 aliphatic heterocycles. The lowest BCUT2D eigenvalue weighted by Crippen LogP contribution is -2.24.